The van der Waals surface area contributed by atoms with Crippen molar-refractivity contribution in [3.8, 4) is 16.9 Å². The zero-order chi connectivity index (χ0) is 21.4. The van der Waals surface area contributed by atoms with E-state index in [1.165, 1.54) is 39.0 Å². The first-order chi connectivity index (χ1) is 14.4. The van der Waals surface area contributed by atoms with Crippen molar-refractivity contribution < 1.29 is 5.11 Å². The second-order valence-electron chi connectivity index (χ2n) is 8.62. The van der Waals surface area contributed by atoms with Crippen LogP contribution in [-0.4, -0.2) is 5.11 Å². The minimum absolute atomic E-state index is 0.275. The summed E-state index contributed by atoms with van der Waals surface area (Å²) >= 11 is 0. The Kier molecular flexibility index (Phi) is 5.39. The van der Waals surface area contributed by atoms with Crippen molar-refractivity contribution in [3.05, 3.63) is 111 Å². The number of hydrogen-bond donors (Lipinski definition) is 1. The van der Waals surface area contributed by atoms with Gasteiger partial charge in [0, 0.05) is 17.9 Å². The molecular weight excluding hydrogens is 364 g/mol. The molecule has 0 heterocycles. The Morgan fingerprint density at radius 3 is 2.03 bits per heavy atom. The molecule has 0 amide bonds. The zero-order valence-electron chi connectivity index (χ0n) is 18.6. The summed E-state index contributed by atoms with van der Waals surface area (Å²) in [6, 6.07) is 23.1. The van der Waals surface area contributed by atoms with Crippen molar-refractivity contribution in [3.63, 3.8) is 0 Å². The van der Waals surface area contributed by atoms with Crippen LogP contribution in [0.5, 0.6) is 5.75 Å². The molecule has 0 saturated carbocycles. The van der Waals surface area contributed by atoms with Gasteiger partial charge in [0.05, 0.1) is 0 Å². The van der Waals surface area contributed by atoms with Gasteiger partial charge in [-0.3, -0.25) is 0 Å². The molecule has 0 saturated heterocycles. The Hall–Kier alpha value is -3.06. The van der Waals surface area contributed by atoms with Crippen LogP contribution in [0.1, 0.15) is 55.9 Å². The molecule has 0 unspecified atom stereocenters. The molecule has 0 radical (unpaired) electrons. The van der Waals surface area contributed by atoms with Crippen molar-refractivity contribution in [1.82, 2.24) is 0 Å². The van der Waals surface area contributed by atoms with Crippen LogP contribution in [-0.2, 0) is 6.42 Å². The highest BCUT2D eigenvalue weighted by atomic mass is 16.3. The Morgan fingerprint density at radius 2 is 1.37 bits per heavy atom. The molecule has 0 atom stereocenters. The predicted molar refractivity (Wildman–Crippen MR) is 127 cm³/mol. The van der Waals surface area contributed by atoms with Crippen molar-refractivity contribution >= 4 is 0 Å². The lowest BCUT2D eigenvalue weighted by atomic mass is 9.82. The maximum absolute atomic E-state index is 11.3. The predicted octanol–water partition coefficient (Wildman–Crippen LogP) is 7.73. The number of rotatable bonds is 4. The van der Waals surface area contributed by atoms with E-state index < -0.39 is 0 Å². The Labute approximate surface area is 180 Å². The zero-order valence-corrected chi connectivity index (χ0v) is 18.6. The third-order valence-corrected chi connectivity index (χ3v) is 6.78. The SMILES string of the molecule is CC1=C(C)C(c2cc(C)ccc2-c2cccc(Cc3ccccc3)c2O)C(C)=C1C. The summed E-state index contributed by atoms with van der Waals surface area (Å²) in [5.74, 6) is 0.665. The lowest BCUT2D eigenvalue weighted by Gasteiger charge is -2.22. The van der Waals surface area contributed by atoms with Crippen molar-refractivity contribution in [2.75, 3.05) is 0 Å². The van der Waals surface area contributed by atoms with Crippen LogP contribution in [0.2, 0.25) is 0 Å². The summed E-state index contributed by atoms with van der Waals surface area (Å²) in [4.78, 5) is 0. The first kappa shape index (κ1) is 20.2. The topological polar surface area (TPSA) is 20.2 Å². The van der Waals surface area contributed by atoms with E-state index in [0.717, 1.165) is 23.1 Å². The summed E-state index contributed by atoms with van der Waals surface area (Å²) in [6.07, 6.45) is 0.723. The second-order valence-corrected chi connectivity index (χ2v) is 8.62. The molecule has 3 aromatic carbocycles. The van der Waals surface area contributed by atoms with Gasteiger partial charge >= 0.3 is 0 Å². The average molecular weight is 395 g/mol. The molecule has 3 aromatic rings. The van der Waals surface area contributed by atoms with Gasteiger partial charge in [-0.05, 0) is 68.0 Å². The standard InChI is InChI=1S/C29H30O/c1-18-14-15-25(27(16-18)28-21(4)19(2)20(3)22(28)5)26-13-9-12-24(29(26)30)17-23-10-7-6-8-11-23/h6-16,28,30H,17H2,1-5H3. The average Bonchev–Trinajstić information content (AvgIpc) is 2.93. The van der Waals surface area contributed by atoms with Crippen LogP contribution in [0.3, 0.4) is 0 Å². The number of benzene rings is 3. The third kappa shape index (κ3) is 3.50. The van der Waals surface area contributed by atoms with E-state index in [-0.39, 0.29) is 5.92 Å². The molecule has 1 heteroatoms. The summed E-state index contributed by atoms with van der Waals surface area (Å²) in [6.45, 7) is 11.1. The van der Waals surface area contributed by atoms with Gasteiger partial charge in [0.25, 0.3) is 0 Å². The van der Waals surface area contributed by atoms with E-state index in [4.69, 9.17) is 0 Å². The Morgan fingerprint density at radius 1 is 0.700 bits per heavy atom. The van der Waals surface area contributed by atoms with Crippen molar-refractivity contribution in [2.24, 2.45) is 0 Å². The maximum Gasteiger partial charge on any atom is 0.126 e. The van der Waals surface area contributed by atoms with Crippen LogP contribution < -0.4 is 0 Å². The highest BCUT2D eigenvalue weighted by Gasteiger charge is 2.28. The fourth-order valence-corrected chi connectivity index (χ4v) is 4.75. The van der Waals surface area contributed by atoms with Crippen molar-refractivity contribution in [1.29, 1.82) is 0 Å². The molecule has 1 aliphatic rings. The van der Waals surface area contributed by atoms with E-state index in [1.807, 2.05) is 30.3 Å². The van der Waals surface area contributed by atoms with Gasteiger partial charge in [0.1, 0.15) is 5.75 Å². The van der Waals surface area contributed by atoms with E-state index in [1.54, 1.807) is 0 Å². The summed E-state index contributed by atoms with van der Waals surface area (Å²) in [7, 11) is 0. The largest absolute Gasteiger partial charge is 0.507 e. The molecule has 1 aliphatic carbocycles. The van der Waals surface area contributed by atoms with Gasteiger partial charge in [0.15, 0.2) is 0 Å². The van der Waals surface area contributed by atoms with Crippen LogP contribution in [0.4, 0.5) is 0 Å². The smallest absolute Gasteiger partial charge is 0.126 e. The summed E-state index contributed by atoms with van der Waals surface area (Å²) in [5, 5.41) is 11.3. The number of hydrogen-bond acceptors (Lipinski definition) is 1. The van der Waals surface area contributed by atoms with Crippen LogP contribution in [0.25, 0.3) is 11.1 Å². The van der Waals surface area contributed by atoms with E-state index in [0.29, 0.717) is 5.75 Å². The van der Waals surface area contributed by atoms with Gasteiger partial charge in [0.2, 0.25) is 0 Å². The quantitative estimate of drug-likeness (QED) is 0.480. The van der Waals surface area contributed by atoms with Crippen LogP contribution >= 0.6 is 0 Å². The fraction of sp³-hybridized carbons (Fsp3) is 0.241. The lowest BCUT2D eigenvalue weighted by Crippen LogP contribution is -2.03. The number of aryl methyl sites for hydroxylation is 1. The molecule has 0 aliphatic heterocycles. The number of phenols is 1. The highest BCUT2D eigenvalue weighted by Crippen LogP contribution is 2.47. The minimum atomic E-state index is 0.275. The molecular formula is C29H30O. The van der Waals surface area contributed by atoms with Crippen LogP contribution in [0.15, 0.2) is 89.0 Å². The molecule has 4 rings (SSSR count). The molecule has 0 fully saturated rings. The Balaban J connectivity index is 1.84. The molecule has 1 nitrogen and oxygen atoms in total. The van der Waals surface area contributed by atoms with Gasteiger partial charge in [-0.25, -0.2) is 0 Å². The van der Waals surface area contributed by atoms with Crippen LogP contribution in [0, 0.1) is 6.92 Å². The number of aromatic hydroxyl groups is 1. The van der Waals surface area contributed by atoms with E-state index in [2.05, 4.69) is 71.0 Å². The van der Waals surface area contributed by atoms with Gasteiger partial charge in [-0.15, -0.1) is 0 Å². The molecule has 0 spiro atoms. The lowest BCUT2D eigenvalue weighted by molar-refractivity contribution is 0.471. The molecule has 0 aromatic heterocycles. The highest BCUT2D eigenvalue weighted by molar-refractivity contribution is 5.77. The van der Waals surface area contributed by atoms with Crippen molar-refractivity contribution in [2.45, 2.75) is 47.0 Å². The number of phenolic OH excluding ortho intramolecular Hbond substituents is 1. The molecule has 152 valence electrons. The molecule has 0 bridgehead atoms. The monoisotopic (exact) mass is 394 g/mol. The van der Waals surface area contributed by atoms with Gasteiger partial charge < -0.3 is 5.11 Å². The minimum Gasteiger partial charge on any atom is -0.507 e. The maximum atomic E-state index is 11.3. The molecule has 1 N–H and O–H groups in total. The number of allylic oxidation sites excluding steroid dienone is 4. The van der Waals surface area contributed by atoms with E-state index in [9.17, 15) is 5.11 Å². The summed E-state index contributed by atoms with van der Waals surface area (Å²) < 4.78 is 0. The first-order valence-electron chi connectivity index (χ1n) is 10.7. The second kappa shape index (κ2) is 7.99. The third-order valence-electron chi connectivity index (χ3n) is 6.78. The number of para-hydroxylation sites is 1. The summed E-state index contributed by atoms with van der Waals surface area (Å²) in [5.41, 5.74) is 12.4. The van der Waals surface area contributed by atoms with Gasteiger partial charge in [-0.2, -0.15) is 0 Å². The van der Waals surface area contributed by atoms with E-state index >= 15 is 0 Å². The van der Waals surface area contributed by atoms with Gasteiger partial charge in [-0.1, -0.05) is 83.4 Å². The Bertz CT molecular complexity index is 1140. The first-order valence-corrected chi connectivity index (χ1v) is 10.7. The fourth-order valence-electron chi connectivity index (χ4n) is 4.75. The normalized spacial score (nSPS) is 14.7. The molecule has 30 heavy (non-hydrogen) atoms.